The van der Waals surface area contributed by atoms with Crippen LogP contribution in [0.5, 0.6) is 0 Å². The molecule has 2 aromatic carbocycles. The predicted octanol–water partition coefficient (Wildman–Crippen LogP) is 4.05. The van der Waals surface area contributed by atoms with E-state index in [0.717, 1.165) is 10.9 Å². The third-order valence-electron chi connectivity index (χ3n) is 3.85. The van der Waals surface area contributed by atoms with Gasteiger partial charge in [-0.3, -0.25) is 9.59 Å². The van der Waals surface area contributed by atoms with E-state index in [-0.39, 0.29) is 11.6 Å². The average molecular weight is 395 g/mol. The molecule has 3 rings (SSSR count). The highest BCUT2D eigenvalue weighted by molar-refractivity contribution is 7.09. The highest BCUT2D eigenvalue weighted by atomic mass is 32.1. The van der Waals surface area contributed by atoms with Crippen LogP contribution >= 0.6 is 11.3 Å². The molecule has 5 nitrogen and oxygen atoms in total. The predicted molar refractivity (Wildman–Crippen MR) is 110 cm³/mol. The van der Waals surface area contributed by atoms with Gasteiger partial charge in [0, 0.05) is 16.5 Å². The van der Waals surface area contributed by atoms with E-state index in [1.54, 1.807) is 41.7 Å². The number of carbonyl (C=O) groups is 2. The lowest BCUT2D eigenvalue weighted by Gasteiger charge is -2.06. The lowest BCUT2D eigenvalue weighted by molar-refractivity contribution is -0.111. The summed E-state index contributed by atoms with van der Waals surface area (Å²) >= 11 is 1.58. The zero-order valence-corrected chi connectivity index (χ0v) is 15.6. The van der Waals surface area contributed by atoms with Crippen molar-refractivity contribution in [3.8, 4) is 0 Å². The SMILES string of the molecule is Nc1cc(F)ccc1NC(=O)C=Cc1cccc(C(=O)NCc2cccs2)c1. The molecule has 4 N–H and O–H groups in total. The number of hydrogen-bond acceptors (Lipinski definition) is 4. The van der Waals surface area contributed by atoms with Crippen molar-refractivity contribution in [3.05, 3.63) is 87.9 Å². The Hall–Kier alpha value is -3.45. The van der Waals surface area contributed by atoms with Gasteiger partial charge in [0.25, 0.3) is 5.91 Å². The Bertz CT molecular complexity index is 1020. The summed E-state index contributed by atoms with van der Waals surface area (Å²) in [4.78, 5) is 25.4. The number of nitrogens with two attached hydrogens (primary N) is 1. The summed E-state index contributed by atoms with van der Waals surface area (Å²) in [5, 5.41) is 7.40. The topological polar surface area (TPSA) is 84.2 Å². The number of nitrogen functional groups attached to an aromatic ring is 1. The third-order valence-corrected chi connectivity index (χ3v) is 4.73. The molecule has 2 amide bonds. The van der Waals surface area contributed by atoms with Crippen molar-refractivity contribution in [2.45, 2.75) is 6.54 Å². The van der Waals surface area contributed by atoms with Crippen LogP contribution in [0, 0.1) is 5.82 Å². The van der Waals surface area contributed by atoms with Crippen LogP contribution in [0.2, 0.25) is 0 Å². The molecule has 0 aliphatic rings. The molecule has 142 valence electrons. The monoisotopic (exact) mass is 395 g/mol. The number of carbonyl (C=O) groups excluding carboxylic acids is 2. The lowest BCUT2D eigenvalue weighted by atomic mass is 10.1. The van der Waals surface area contributed by atoms with E-state index in [1.807, 2.05) is 17.5 Å². The molecule has 0 aliphatic carbocycles. The fourth-order valence-electron chi connectivity index (χ4n) is 2.46. The second-order valence-corrected chi connectivity index (χ2v) is 6.97. The first kappa shape index (κ1) is 19.3. The molecule has 0 radical (unpaired) electrons. The Kier molecular flexibility index (Phi) is 6.18. The van der Waals surface area contributed by atoms with E-state index in [2.05, 4.69) is 10.6 Å². The van der Waals surface area contributed by atoms with Gasteiger partial charge in [-0.1, -0.05) is 18.2 Å². The molecule has 0 bridgehead atoms. The fraction of sp³-hybridized carbons (Fsp3) is 0.0476. The number of benzene rings is 2. The molecule has 7 heteroatoms. The highest BCUT2D eigenvalue weighted by Crippen LogP contribution is 2.19. The second kappa shape index (κ2) is 8.96. The number of nitrogens with one attached hydrogen (secondary N) is 2. The van der Waals surface area contributed by atoms with Gasteiger partial charge in [0.2, 0.25) is 5.91 Å². The maximum Gasteiger partial charge on any atom is 0.251 e. The summed E-state index contributed by atoms with van der Waals surface area (Å²) in [6.45, 7) is 0.470. The van der Waals surface area contributed by atoms with Gasteiger partial charge in [0.15, 0.2) is 0 Å². The van der Waals surface area contributed by atoms with E-state index in [0.29, 0.717) is 23.4 Å². The van der Waals surface area contributed by atoms with Crippen LogP contribution in [-0.4, -0.2) is 11.8 Å². The zero-order valence-electron chi connectivity index (χ0n) is 14.8. The smallest absolute Gasteiger partial charge is 0.251 e. The standard InChI is InChI=1S/C21H18FN3O2S/c22-16-7-8-19(18(23)12-16)25-20(26)9-6-14-3-1-4-15(11-14)21(27)24-13-17-5-2-10-28-17/h1-12H,13,23H2,(H,24,27)(H,25,26). The second-order valence-electron chi connectivity index (χ2n) is 5.94. The third kappa shape index (κ3) is 5.28. The van der Waals surface area contributed by atoms with Crippen LogP contribution < -0.4 is 16.4 Å². The van der Waals surface area contributed by atoms with Crippen LogP contribution in [0.25, 0.3) is 6.08 Å². The molecule has 0 unspecified atom stereocenters. The molecule has 0 spiro atoms. The Morgan fingerprint density at radius 3 is 2.71 bits per heavy atom. The minimum atomic E-state index is -0.472. The van der Waals surface area contributed by atoms with Crippen LogP contribution in [-0.2, 0) is 11.3 Å². The van der Waals surface area contributed by atoms with Gasteiger partial charge in [0.05, 0.1) is 17.9 Å². The first-order valence-corrected chi connectivity index (χ1v) is 9.34. The Balaban J connectivity index is 1.61. The van der Waals surface area contributed by atoms with Crippen LogP contribution in [0.15, 0.2) is 66.1 Å². The summed E-state index contributed by atoms with van der Waals surface area (Å²) in [7, 11) is 0. The number of rotatable bonds is 6. The number of anilines is 2. The molecule has 0 atom stereocenters. The van der Waals surface area contributed by atoms with Gasteiger partial charge >= 0.3 is 0 Å². The highest BCUT2D eigenvalue weighted by Gasteiger charge is 2.07. The van der Waals surface area contributed by atoms with Gasteiger partial charge in [-0.15, -0.1) is 11.3 Å². The molecule has 3 aromatic rings. The van der Waals surface area contributed by atoms with Crippen molar-refractivity contribution in [2.24, 2.45) is 0 Å². The van der Waals surface area contributed by atoms with Crippen molar-refractivity contribution in [2.75, 3.05) is 11.1 Å². The molecule has 28 heavy (non-hydrogen) atoms. The normalized spacial score (nSPS) is 10.8. The largest absolute Gasteiger partial charge is 0.397 e. The minimum Gasteiger partial charge on any atom is -0.397 e. The summed E-state index contributed by atoms with van der Waals surface area (Å²) < 4.78 is 13.1. The van der Waals surface area contributed by atoms with Crippen LogP contribution in [0.4, 0.5) is 15.8 Å². The maximum atomic E-state index is 13.1. The molecule has 0 fully saturated rings. The number of halogens is 1. The van der Waals surface area contributed by atoms with Gasteiger partial charge in [0.1, 0.15) is 5.82 Å². The van der Waals surface area contributed by atoms with Crippen molar-refractivity contribution < 1.29 is 14.0 Å². The van der Waals surface area contributed by atoms with Crippen molar-refractivity contribution >= 4 is 40.6 Å². The first-order valence-electron chi connectivity index (χ1n) is 8.46. The Morgan fingerprint density at radius 1 is 1.11 bits per heavy atom. The van der Waals surface area contributed by atoms with Crippen LogP contribution in [0.3, 0.4) is 0 Å². The van der Waals surface area contributed by atoms with Gasteiger partial charge < -0.3 is 16.4 Å². The fourth-order valence-corrected chi connectivity index (χ4v) is 3.10. The molecule has 0 saturated carbocycles. The average Bonchev–Trinajstić information content (AvgIpc) is 3.20. The summed E-state index contributed by atoms with van der Waals surface area (Å²) in [6.07, 6.45) is 2.91. The van der Waals surface area contributed by atoms with E-state index in [4.69, 9.17) is 5.73 Å². The molecule has 0 aliphatic heterocycles. The first-order chi connectivity index (χ1) is 13.5. The number of thiophene rings is 1. The Morgan fingerprint density at radius 2 is 1.96 bits per heavy atom. The maximum absolute atomic E-state index is 13.1. The van der Waals surface area contributed by atoms with Crippen LogP contribution in [0.1, 0.15) is 20.8 Å². The summed E-state index contributed by atoms with van der Waals surface area (Å²) in [6, 6.07) is 14.6. The molecule has 0 saturated heterocycles. The van der Waals surface area contributed by atoms with Gasteiger partial charge in [-0.05, 0) is 53.4 Å². The van der Waals surface area contributed by atoms with Crippen molar-refractivity contribution in [1.29, 1.82) is 0 Å². The Labute approximate surface area is 165 Å². The molecular formula is C21H18FN3O2S. The zero-order chi connectivity index (χ0) is 19.9. The van der Waals surface area contributed by atoms with Gasteiger partial charge in [-0.2, -0.15) is 0 Å². The molecular weight excluding hydrogens is 377 g/mol. The quantitative estimate of drug-likeness (QED) is 0.435. The van der Waals surface area contributed by atoms with Gasteiger partial charge in [-0.25, -0.2) is 4.39 Å². The summed E-state index contributed by atoms with van der Waals surface area (Å²) in [5.41, 5.74) is 7.35. The van der Waals surface area contributed by atoms with E-state index in [1.165, 1.54) is 18.2 Å². The summed E-state index contributed by atoms with van der Waals surface area (Å²) in [5.74, 6) is -1.07. The van der Waals surface area contributed by atoms with E-state index in [9.17, 15) is 14.0 Å². The molecule has 1 aromatic heterocycles. The van der Waals surface area contributed by atoms with E-state index < -0.39 is 11.7 Å². The number of amides is 2. The van der Waals surface area contributed by atoms with Crippen molar-refractivity contribution in [3.63, 3.8) is 0 Å². The lowest BCUT2D eigenvalue weighted by Crippen LogP contribution is -2.22. The molecule has 1 heterocycles. The number of hydrogen-bond donors (Lipinski definition) is 3. The van der Waals surface area contributed by atoms with Crippen molar-refractivity contribution in [1.82, 2.24) is 5.32 Å². The minimum absolute atomic E-state index is 0.145. The van der Waals surface area contributed by atoms with E-state index >= 15 is 0 Å².